The zero-order chi connectivity index (χ0) is 19.1. The van der Waals surface area contributed by atoms with Gasteiger partial charge in [0.15, 0.2) is 0 Å². The molecule has 138 valence electrons. The fourth-order valence-electron chi connectivity index (χ4n) is 2.81. The lowest BCUT2D eigenvalue weighted by Gasteiger charge is -2.29. The summed E-state index contributed by atoms with van der Waals surface area (Å²) >= 11 is 0. The first-order valence-electron chi connectivity index (χ1n) is 8.08. The number of tetrazole rings is 1. The molecule has 0 fully saturated rings. The van der Waals surface area contributed by atoms with Gasteiger partial charge in [-0.1, -0.05) is 5.10 Å². The number of urea groups is 1. The topological polar surface area (TPSA) is 122 Å². The van der Waals surface area contributed by atoms with E-state index in [1.165, 1.54) is 14.5 Å². The molecule has 0 aliphatic carbocycles. The van der Waals surface area contributed by atoms with Crippen molar-refractivity contribution in [3.05, 3.63) is 35.7 Å². The Hall–Kier alpha value is -3.76. The molecule has 11 heteroatoms. The van der Waals surface area contributed by atoms with Gasteiger partial charge in [-0.2, -0.15) is 5.10 Å². The highest BCUT2D eigenvalue weighted by atomic mass is 16.5. The third-order valence-electron chi connectivity index (χ3n) is 4.24. The van der Waals surface area contributed by atoms with Gasteiger partial charge in [0.25, 0.3) is 5.95 Å². The number of hydrogen-bond acceptors (Lipinski definition) is 7. The Balaban J connectivity index is 1.67. The number of aromatic nitrogens is 6. The van der Waals surface area contributed by atoms with Crippen LogP contribution in [-0.4, -0.2) is 61.4 Å². The molecule has 0 spiro atoms. The van der Waals surface area contributed by atoms with Crippen molar-refractivity contribution in [3.8, 4) is 5.75 Å². The molecule has 0 atom stereocenters. The number of nitrogens with zero attached hydrogens (tertiary/aromatic N) is 7. The molecule has 1 aromatic carbocycles. The lowest BCUT2D eigenvalue weighted by molar-refractivity contribution is -0.130. The summed E-state index contributed by atoms with van der Waals surface area (Å²) in [6, 6.07) is 4.78. The quantitative estimate of drug-likeness (QED) is 0.527. The number of aromatic amines is 1. The monoisotopic (exact) mass is 368 g/mol. The first kappa shape index (κ1) is 16.7. The average molecular weight is 368 g/mol. The summed E-state index contributed by atoms with van der Waals surface area (Å²) < 4.78 is 6.89. The number of rotatable bonds is 2. The second-order valence-corrected chi connectivity index (χ2v) is 6.22. The second-order valence-electron chi connectivity index (χ2n) is 6.22. The summed E-state index contributed by atoms with van der Waals surface area (Å²) in [6.45, 7) is 1.77. The van der Waals surface area contributed by atoms with Gasteiger partial charge in [-0.25, -0.2) is 19.2 Å². The molecule has 11 nitrogen and oxygen atoms in total. The summed E-state index contributed by atoms with van der Waals surface area (Å²) in [5.74, 6) is 0.0535. The van der Waals surface area contributed by atoms with Crippen LogP contribution in [0.1, 0.15) is 6.92 Å². The van der Waals surface area contributed by atoms with Crippen molar-refractivity contribution in [2.24, 2.45) is 0 Å². The zero-order valence-corrected chi connectivity index (χ0v) is 14.9. The lowest BCUT2D eigenvalue weighted by Crippen LogP contribution is -2.43. The van der Waals surface area contributed by atoms with Gasteiger partial charge in [-0.3, -0.25) is 5.10 Å². The smallest absolute Gasteiger partial charge is 0.343 e. The number of anilines is 1. The van der Waals surface area contributed by atoms with Crippen LogP contribution in [0.15, 0.2) is 35.7 Å². The van der Waals surface area contributed by atoms with Gasteiger partial charge >= 0.3 is 12.0 Å². The lowest BCUT2D eigenvalue weighted by atomic mass is 10.1. The van der Waals surface area contributed by atoms with Gasteiger partial charge in [0.2, 0.25) is 0 Å². The van der Waals surface area contributed by atoms with Crippen LogP contribution in [0.4, 0.5) is 10.7 Å². The molecule has 0 bridgehead atoms. The van der Waals surface area contributed by atoms with Crippen molar-refractivity contribution >= 4 is 28.9 Å². The van der Waals surface area contributed by atoms with Gasteiger partial charge in [0.1, 0.15) is 5.75 Å². The highest BCUT2D eigenvalue weighted by Crippen LogP contribution is 2.28. The first-order chi connectivity index (χ1) is 13.0. The van der Waals surface area contributed by atoms with Crippen LogP contribution in [0.2, 0.25) is 0 Å². The predicted octanol–water partition coefficient (Wildman–Crippen LogP) is 0.931. The molecular weight excluding hydrogens is 352 g/mol. The van der Waals surface area contributed by atoms with Crippen molar-refractivity contribution in [3.63, 3.8) is 0 Å². The van der Waals surface area contributed by atoms with Crippen LogP contribution < -0.4 is 9.64 Å². The molecule has 2 amide bonds. The minimum Gasteiger partial charge on any atom is -0.423 e. The standard InChI is InChI=1S/C16H16N8O3/c1-9-12(8-23-15(19-20-21-23)24(9)16(26)22(2)3)14(25)27-11-4-5-13-10(6-11)7-17-18-13/h4-7H,8H2,1-3H3,(H,17,18). The van der Waals surface area contributed by atoms with Crippen LogP contribution in [-0.2, 0) is 11.3 Å². The molecule has 27 heavy (non-hydrogen) atoms. The zero-order valence-electron chi connectivity index (χ0n) is 14.9. The molecule has 1 aliphatic heterocycles. The Morgan fingerprint density at radius 3 is 2.89 bits per heavy atom. The van der Waals surface area contributed by atoms with E-state index in [0.717, 1.165) is 10.9 Å². The van der Waals surface area contributed by atoms with Gasteiger partial charge in [-0.15, -0.1) is 0 Å². The number of nitrogens with one attached hydrogen (secondary N) is 1. The van der Waals surface area contributed by atoms with Gasteiger partial charge in [0, 0.05) is 25.2 Å². The molecule has 3 heterocycles. The Morgan fingerprint density at radius 1 is 1.30 bits per heavy atom. The summed E-state index contributed by atoms with van der Waals surface area (Å²) in [4.78, 5) is 28.0. The maximum absolute atomic E-state index is 12.8. The van der Waals surface area contributed by atoms with E-state index in [1.54, 1.807) is 45.4 Å². The minimum absolute atomic E-state index is 0.109. The van der Waals surface area contributed by atoms with E-state index in [9.17, 15) is 9.59 Å². The van der Waals surface area contributed by atoms with E-state index in [0.29, 0.717) is 11.4 Å². The van der Waals surface area contributed by atoms with Gasteiger partial charge in [-0.05, 0) is 35.5 Å². The highest BCUT2D eigenvalue weighted by Gasteiger charge is 2.34. The van der Waals surface area contributed by atoms with E-state index < -0.39 is 5.97 Å². The molecule has 0 unspecified atom stereocenters. The second kappa shape index (κ2) is 6.20. The minimum atomic E-state index is -0.576. The number of carbonyl (C=O) groups excluding carboxylic acids is 2. The average Bonchev–Trinajstić information content (AvgIpc) is 3.28. The van der Waals surface area contributed by atoms with Crippen LogP contribution >= 0.6 is 0 Å². The maximum Gasteiger partial charge on any atom is 0.343 e. The molecular formula is C16H16N8O3. The summed E-state index contributed by atoms with van der Waals surface area (Å²) in [7, 11) is 3.22. The van der Waals surface area contributed by atoms with Crippen molar-refractivity contribution < 1.29 is 14.3 Å². The predicted molar refractivity (Wildman–Crippen MR) is 93.8 cm³/mol. The molecule has 0 saturated heterocycles. The summed E-state index contributed by atoms with van der Waals surface area (Å²) in [5.41, 5.74) is 1.55. The van der Waals surface area contributed by atoms with E-state index in [4.69, 9.17) is 4.74 Å². The molecule has 4 rings (SSSR count). The number of esters is 1. The van der Waals surface area contributed by atoms with E-state index in [2.05, 4.69) is 25.7 Å². The number of allylic oxidation sites excluding steroid dienone is 1. The number of carbonyl (C=O) groups is 2. The van der Waals surface area contributed by atoms with E-state index in [-0.39, 0.29) is 24.1 Å². The third kappa shape index (κ3) is 2.78. The van der Waals surface area contributed by atoms with Crippen molar-refractivity contribution in [1.29, 1.82) is 0 Å². The Labute approximate surface area is 153 Å². The fourth-order valence-corrected chi connectivity index (χ4v) is 2.81. The normalized spacial score (nSPS) is 13.7. The van der Waals surface area contributed by atoms with Crippen molar-refractivity contribution in [1.82, 2.24) is 35.3 Å². The maximum atomic E-state index is 12.8. The fraction of sp³-hybridized carbons (Fsp3) is 0.250. The number of ether oxygens (including phenoxy) is 1. The molecule has 0 radical (unpaired) electrons. The van der Waals surface area contributed by atoms with E-state index in [1.807, 2.05) is 0 Å². The van der Waals surface area contributed by atoms with Crippen LogP contribution in [0.5, 0.6) is 5.75 Å². The van der Waals surface area contributed by atoms with E-state index >= 15 is 0 Å². The Bertz CT molecular complexity index is 1080. The first-order valence-corrected chi connectivity index (χ1v) is 8.08. The van der Waals surface area contributed by atoms with Crippen LogP contribution in [0.3, 0.4) is 0 Å². The molecule has 0 saturated carbocycles. The third-order valence-corrected chi connectivity index (χ3v) is 4.24. The number of benzene rings is 1. The van der Waals surface area contributed by atoms with Gasteiger partial charge in [0.05, 0.1) is 23.8 Å². The number of fused-ring (bicyclic) bond motifs is 2. The molecule has 2 aromatic heterocycles. The number of hydrogen-bond donors (Lipinski definition) is 1. The molecule has 1 N–H and O–H groups in total. The molecule has 1 aliphatic rings. The van der Waals surface area contributed by atoms with Gasteiger partial charge < -0.3 is 9.64 Å². The number of amides is 2. The molecule has 3 aromatic rings. The number of H-pyrrole nitrogens is 1. The summed E-state index contributed by atoms with van der Waals surface area (Å²) in [5, 5.41) is 18.9. The highest BCUT2D eigenvalue weighted by molar-refractivity contribution is 5.99. The summed E-state index contributed by atoms with van der Waals surface area (Å²) in [6.07, 6.45) is 1.64. The largest absolute Gasteiger partial charge is 0.423 e. The van der Waals surface area contributed by atoms with Crippen molar-refractivity contribution in [2.45, 2.75) is 13.5 Å². The van der Waals surface area contributed by atoms with Crippen LogP contribution in [0.25, 0.3) is 10.9 Å². The Kier molecular flexibility index (Phi) is 3.83. The van der Waals surface area contributed by atoms with Crippen LogP contribution in [0, 0.1) is 0 Å². The SMILES string of the molecule is CC1=C(C(=O)Oc2ccc3[nH]ncc3c2)Cn2nnnc2N1C(=O)N(C)C. The Morgan fingerprint density at radius 2 is 2.11 bits per heavy atom. The van der Waals surface area contributed by atoms with Crippen molar-refractivity contribution in [2.75, 3.05) is 19.0 Å².